The van der Waals surface area contributed by atoms with Crippen LogP contribution in [-0.2, 0) is 17.4 Å². The van der Waals surface area contributed by atoms with Crippen molar-refractivity contribution >= 4 is 5.91 Å². The van der Waals surface area contributed by atoms with E-state index in [0.29, 0.717) is 5.56 Å². The Bertz CT molecular complexity index is 621. The highest BCUT2D eigenvalue weighted by molar-refractivity contribution is 5.77. The Balaban J connectivity index is 2.55. The molecule has 5 heteroatoms. The number of rotatable bonds is 3. The highest BCUT2D eigenvalue weighted by Crippen LogP contribution is 2.37. The number of carbonyl (C=O) groups is 1. The zero-order valence-corrected chi connectivity index (χ0v) is 10.4. The van der Waals surface area contributed by atoms with Crippen molar-refractivity contribution in [1.29, 1.82) is 0 Å². The molecule has 0 heterocycles. The van der Waals surface area contributed by atoms with E-state index in [-0.39, 0.29) is 17.5 Å². The van der Waals surface area contributed by atoms with Crippen LogP contribution >= 0.6 is 0 Å². The van der Waals surface area contributed by atoms with Gasteiger partial charge in [-0.1, -0.05) is 42.5 Å². The van der Waals surface area contributed by atoms with Crippen LogP contribution in [0.5, 0.6) is 0 Å². The Morgan fingerprint density at radius 1 is 1.05 bits per heavy atom. The summed E-state index contributed by atoms with van der Waals surface area (Å²) in [6, 6.07) is 12.1. The first kappa shape index (κ1) is 14.1. The monoisotopic (exact) mass is 279 g/mol. The predicted octanol–water partition coefficient (Wildman–Crippen LogP) is 3.40. The maximum Gasteiger partial charge on any atom is 0.417 e. The third kappa shape index (κ3) is 3.17. The molecule has 0 aliphatic carbocycles. The summed E-state index contributed by atoms with van der Waals surface area (Å²) in [5, 5.41) is 0. The zero-order valence-electron chi connectivity index (χ0n) is 10.4. The van der Waals surface area contributed by atoms with Crippen LogP contribution in [-0.4, -0.2) is 5.91 Å². The molecular weight excluding hydrogens is 267 g/mol. The molecule has 1 amide bonds. The molecule has 0 fully saturated rings. The van der Waals surface area contributed by atoms with Crippen LogP contribution in [0.15, 0.2) is 48.5 Å². The highest BCUT2D eigenvalue weighted by Gasteiger charge is 2.33. The summed E-state index contributed by atoms with van der Waals surface area (Å²) in [4.78, 5) is 10.8. The number of hydrogen-bond acceptors (Lipinski definition) is 1. The van der Waals surface area contributed by atoms with Crippen molar-refractivity contribution in [3.63, 3.8) is 0 Å². The lowest BCUT2D eigenvalue weighted by Crippen LogP contribution is -2.15. The first-order valence-electron chi connectivity index (χ1n) is 5.92. The van der Waals surface area contributed by atoms with Gasteiger partial charge in [0.1, 0.15) is 0 Å². The minimum atomic E-state index is -4.49. The average molecular weight is 279 g/mol. The summed E-state index contributed by atoms with van der Waals surface area (Å²) in [7, 11) is 0. The molecular formula is C15H12F3NO. The molecule has 0 aliphatic heterocycles. The van der Waals surface area contributed by atoms with Crippen LogP contribution in [0.25, 0.3) is 11.1 Å². The first-order valence-corrected chi connectivity index (χ1v) is 5.92. The lowest BCUT2D eigenvalue weighted by atomic mass is 9.96. The minimum absolute atomic E-state index is 0.0892. The van der Waals surface area contributed by atoms with Gasteiger partial charge >= 0.3 is 6.18 Å². The van der Waals surface area contributed by atoms with E-state index in [0.717, 1.165) is 6.07 Å². The fourth-order valence-electron chi connectivity index (χ4n) is 2.01. The van der Waals surface area contributed by atoms with Gasteiger partial charge in [0.25, 0.3) is 0 Å². The molecule has 0 aliphatic rings. The van der Waals surface area contributed by atoms with E-state index in [4.69, 9.17) is 5.73 Å². The van der Waals surface area contributed by atoms with E-state index < -0.39 is 17.6 Å². The smallest absolute Gasteiger partial charge is 0.369 e. The lowest BCUT2D eigenvalue weighted by molar-refractivity contribution is -0.137. The number of carbonyl (C=O) groups excluding carboxylic acids is 1. The second-order valence-electron chi connectivity index (χ2n) is 4.39. The van der Waals surface area contributed by atoms with E-state index >= 15 is 0 Å². The van der Waals surface area contributed by atoms with Gasteiger partial charge in [-0.2, -0.15) is 13.2 Å². The van der Waals surface area contributed by atoms with Gasteiger partial charge in [0, 0.05) is 0 Å². The Labute approximate surface area is 114 Å². The number of primary amides is 1. The second-order valence-corrected chi connectivity index (χ2v) is 4.39. The maximum absolute atomic E-state index is 13.1. The Morgan fingerprint density at radius 3 is 2.25 bits per heavy atom. The van der Waals surface area contributed by atoms with Crippen molar-refractivity contribution in [3.05, 3.63) is 59.7 Å². The molecule has 0 radical (unpaired) electrons. The third-order valence-corrected chi connectivity index (χ3v) is 2.85. The normalized spacial score (nSPS) is 11.3. The molecule has 0 spiro atoms. The number of alkyl halides is 3. The molecule has 0 saturated carbocycles. The number of amides is 1. The number of halogens is 3. The van der Waals surface area contributed by atoms with Gasteiger partial charge in [-0.3, -0.25) is 4.79 Å². The molecule has 0 aromatic heterocycles. The summed E-state index contributed by atoms with van der Waals surface area (Å²) in [6.45, 7) is 0. The fraction of sp³-hybridized carbons (Fsp3) is 0.133. The summed E-state index contributed by atoms with van der Waals surface area (Å²) >= 11 is 0. The van der Waals surface area contributed by atoms with Gasteiger partial charge in [0.05, 0.1) is 12.0 Å². The molecule has 2 aromatic carbocycles. The first-order chi connectivity index (χ1) is 9.38. The summed E-state index contributed by atoms with van der Waals surface area (Å²) in [5.74, 6) is -0.661. The van der Waals surface area contributed by atoms with Crippen molar-refractivity contribution in [1.82, 2.24) is 0 Å². The molecule has 0 bridgehead atoms. The number of nitrogens with two attached hydrogens (primary N) is 1. The lowest BCUT2D eigenvalue weighted by Gasteiger charge is -2.14. The molecule has 20 heavy (non-hydrogen) atoms. The Kier molecular flexibility index (Phi) is 3.79. The average Bonchev–Trinajstić information content (AvgIpc) is 2.38. The van der Waals surface area contributed by atoms with Crippen LogP contribution in [0, 0.1) is 0 Å². The fourth-order valence-corrected chi connectivity index (χ4v) is 2.01. The standard InChI is InChI=1S/C15H12F3NO/c16-15(17,18)13-8-10(9-14(19)20)6-7-12(13)11-4-2-1-3-5-11/h1-8H,9H2,(H2,19,20). The van der Waals surface area contributed by atoms with Gasteiger partial charge in [-0.05, 0) is 22.8 Å². The van der Waals surface area contributed by atoms with E-state index in [2.05, 4.69) is 0 Å². The van der Waals surface area contributed by atoms with Crippen molar-refractivity contribution in [2.75, 3.05) is 0 Å². The third-order valence-electron chi connectivity index (χ3n) is 2.85. The van der Waals surface area contributed by atoms with Gasteiger partial charge in [0.2, 0.25) is 5.91 Å². The van der Waals surface area contributed by atoms with Crippen molar-refractivity contribution < 1.29 is 18.0 Å². The summed E-state index contributed by atoms with van der Waals surface area (Å²) < 4.78 is 39.4. The predicted molar refractivity (Wildman–Crippen MR) is 69.8 cm³/mol. The Morgan fingerprint density at radius 2 is 1.70 bits per heavy atom. The maximum atomic E-state index is 13.1. The minimum Gasteiger partial charge on any atom is -0.369 e. The molecule has 0 unspecified atom stereocenters. The molecule has 2 N–H and O–H groups in total. The molecule has 2 aromatic rings. The molecule has 0 saturated heterocycles. The Hall–Kier alpha value is -2.30. The van der Waals surface area contributed by atoms with E-state index in [1.165, 1.54) is 12.1 Å². The molecule has 2 nitrogen and oxygen atoms in total. The van der Waals surface area contributed by atoms with E-state index in [1.54, 1.807) is 30.3 Å². The largest absolute Gasteiger partial charge is 0.417 e. The van der Waals surface area contributed by atoms with Crippen LogP contribution in [0.4, 0.5) is 13.2 Å². The van der Waals surface area contributed by atoms with Gasteiger partial charge in [-0.25, -0.2) is 0 Å². The number of benzene rings is 2. The van der Waals surface area contributed by atoms with Crippen LogP contribution in [0.3, 0.4) is 0 Å². The van der Waals surface area contributed by atoms with Crippen LogP contribution in [0.2, 0.25) is 0 Å². The quantitative estimate of drug-likeness (QED) is 0.919. The van der Waals surface area contributed by atoms with E-state index in [1.807, 2.05) is 0 Å². The number of hydrogen-bond donors (Lipinski definition) is 1. The zero-order chi connectivity index (χ0) is 14.8. The van der Waals surface area contributed by atoms with Crippen LogP contribution < -0.4 is 5.73 Å². The SMILES string of the molecule is NC(=O)Cc1ccc(-c2ccccc2)c(C(F)(F)F)c1. The highest BCUT2D eigenvalue weighted by atomic mass is 19.4. The van der Waals surface area contributed by atoms with Crippen molar-refractivity contribution in [2.24, 2.45) is 5.73 Å². The van der Waals surface area contributed by atoms with Crippen molar-refractivity contribution in [2.45, 2.75) is 12.6 Å². The molecule has 0 atom stereocenters. The van der Waals surface area contributed by atoms with Crippen molar-refractivity contribution in [3.8, 4) is 11.1 Å². The molecule has 2 rings (SSSR count). The second kappa shape index (κ2) is 5.36. The van der Waals surface area contributed by atoms with Gasteiger partial charge < -0.3 is 5.73 Å². The van der Waals surface area contributed by atoms with E-state index in [9.17, 15) is 18.0 Å². The summed E-state index contributed by atoms with van der Waals surface area (Å²) in [5.41, 5.74) is 5.07. The summed E-state index contributed by atoms with van der Waals surface area (Å²) in [6.07, 6.45) is -4.70. The topological polar surface area (TPSA) is 43.1 Å². The van der Waals surface area contributed by atoms with Crippen LogP contribution in [0.1, 0.15) is 11.1 Å². The van der Waals surface area contributed by atoms with Gasteiger partial charge in [-0.15, -0.1) is 0 Å². The van der Waals surface area contributed by atoms with Gasteiger partial charge in [0.15, 0.2) is 0 Å². The molecule has 104 valence electrons.